The molecular weight excluding hydrogens is 389 g/mol. The van der Waals surface area contributed by atoms with Crippen LogP contribution >= 0.6 is 11.8 Å². The maximum Gasteiger partial charge on any atom is 0.416 e. The van der Waals surface area contributed by atoms with Crippen LogP contribution in [0.1, 0.15) is 18.4 Å². The number of nitrogens with zero attached hydrogens (tertiary/aromatic N) is 2. The summed E-state index contributed by atoms with van der Waals surface area (Å²) in [4.78, 5) is 18.0. The van der Waals surface area contributed by atoms with Gasteiger partial charge in [-0.3, -0.25) is 14.6 Å². The Hall–Kier alpha value is -2.03. The number of likely N-dealkylation sites (tertiary alicyclic amines) is 1. The number of rotatable bonds is 2. The van der Waals surface area contributed by atoms with Crippen LogP contribution in [-0.2, 0) is 11.0 Å². The predicted octanol–water partition coefficient (Wildman–Crippen LogP) is 4.29. The molecule has 2 heterocycles. The lowest BCUT2D eigenvalue weighted by atomic mass is 10.1. The van der Waals surface area contributed by atoms with Crippen LogP contribution in [0.5, 0.6) is 0 Å². The lowest BCUT2D eigenvalue weighted by Gasteiger charge is -2.34. The van der Waals surface area contributed by atoms with Crippen molar-refractivity contribution < 1.29 is 23.1 Å². The van der Waals surface area contributed by atoms with Crippen LogP contribution < -0.4 is 4.90 Å². The number of aliphatic hydroxyl groups excluding tert-OH is 1. The lowest BCUT2D eigenvalue weighted by Crippen LogP contribution is -2.43. The Morgan fingerprint density at radius 3 is 2.46 bits per heavy atom. The van der Waals surface area contributed by atoms with Crippen LogP contribution in [0.3, 0.4) is 0 Å². The molecule has 1 saturated heterocycles. The topological polar surface area (TPSA) is 43.8 Å². The molecule has 4 rings (SSSR count). The second-order valence-electron chi connectivity index (χ2n) is 6.99. The summed E-state index contributed by atoms with van der Waals surface area (Å²) in [5, 5.41) is 9.65. The number of fused-ring (bicyclic) bond motifs is 2. The minimum Gasteiger partial charge on any atom is -0.393 e. The quantitative estimate of drug-likeness (QED) is 0.805. The van der Waals surface area contributed by atoms with Gasteiger partial charge in [0.05, 0.1) is 29.6 Å². The maximum atomic E-state index is 13.2. The van der Waals surface area contributed by atoms with E-state index >= 15 is 0 Å². The first kappa shape index (κ1) is 19.3. The van der Waals surface area contributed by atoms with Crippen molar-refractivity contribution >= 4 is 29.0 Å². The van der Waals surface area contributed by atoms with Crippen LogP contribution in [0.2, 0.25) is 0 Å². The van der Waals surface area contributed by atoms with Crippen LogP contribution in [0, 0.1) is 0 Å². The van der Waals surface area contributed by atoms with Crippen LogP contribution in [0.4, 0.5) is 24.5 Å². The smallest absolute Gasteiger partial charge is 0.393 e. The zero-order chi connectivity index (χ0) is 19.9. The monoisotopic (exact) mass is 408 g/mol. The molecule has 0 spiro atoms. The number of benzene rings is 2. The third kappa shape index (κ3) is 3.76. The van der Waals surface area contributed by atoms with Crippen molar-refractivity contribution in [3.05, 3.63) is 48.0 Å². The van der Waals surface area contributed by atoms with Gasteiger partial charge in [-0.15, -0.1) is 0 Å². The average molecular weight is 408 g/mol. The van der Waals surface area contributed by atoms with E-state index in [2.05, 4.69) is 0 Å². The van der Waals surface area contributed by atoms with Crippen molar-refractivity contribution in [3.63, 3.8) is 0 Å². The zero-order valence-corrected chi connectivity index (χ0v) is 15.8. The number of carbonyl (C=O) groups excluding carboxylic acids is 1. The number of hydrogen-bond acceptors (Lipinski definition) is 4. The number of carbonyl (C=O) groups is 1. The first-order valence-corrected chi connectivity index (χ1v) is 9.86. The molecule has 2 aliphatic rings. The molecule has 2 aromatic rings. The molecule has 0 unspecified atom stereocenters. The lowest BCUT2D eigenvalue weighted by molar-refractivity contribution is -0.137. The summed E-state index contributed by atoms with van der Waals surface area (Å²) in [6, 6.07) is 10.8. The van der Waals surface area contributed by atoms with Gasteiger partial charge in [0.2, 0.25) is 5.91 Å². The number of alkyl halides is 3. The van der Waals surface area contributed by atoms with Gasteiger partial charge in [-0.1, -0.05) is 23.9 Å². The number of aliphatic hydroxyl groups is 1. The first-order valence-electron chi connectivity index (χ1n) is 9.04. The highest BCUT2D eigenvalue weighted by Gasteiger charge is 2.35. The molecular formula is C20H19F3N2O2S. The maximum absolute atomic E-state index is 13.2. The highest BCUT2D eigenvalue weighted by molar-refractivity contribution is 7.99. The van der Waals surface area contributed by atoms with E-state index in [1.165, 1.54) is 22.7 Å². The van der Waals surface area contributed by atoms with Gasteiger partial charge in [-0.2, -0.15) is 13.2 Å². The SMILES string of the molecule is O=C(CN1CCC(O)CC1)N1c2ccccc2Sc2ccc(C(F)(F)F)cc21. The van der Waals surface area contributed by atoms with Crippen molar-refractivity contribution in [2.45, 2.75) is 34.9 Å². The van der Waals surface area contributed by atoms with Crippen LogP contribution in [-0.4, -0.2) is 41.7 Å². The van der Waals surface area contributed by atoms with Gasteiger partial charge in [0, 0.05) is 22.9 Å². The fraction of sp³-hybridized carbons (Fsp3) is 0.350. The normalized spacial score (nSPS) is 17.9. The van der Waals surface area contributed by atoms with E-state index in [0.717, 1.165) is 17.0 Å². The molecule has 4 nitrogen and oxygen atoms in total. The summed E-state index contributed by atoms with van der Waals surface area (Å²) in [5.41, 5.74) is 0.0899. The van der Waals surface area contributed by atoms with E-state index in [1.807, 2.05) is 17.0 Å². The molecule has 2 aromatic carbocycles. The van der Waals surface area contributed by atoms with Crippen molar-refractivity contribution in [2.24, 2.45) is 0 Å². The average Bonchev–Trinajstić information content (AvgIpc) is 2.66. The second-order valence-corrected chi connectivity index (χ2v) is 8.07. The molecule has 2 aliphatic heterocycles. The van der Waals surface area contributed by atoms with Gasteiger partial charge in [0.1, 0.15) is 0 Å². The molecule has 0 aliphatic carbocycles. The largest absolute Gasteiger partial charge is 0.416 e. The van der Waals surface area contributed by atoms with Gasteiger partial charge < -0.3 is 5.11 Å². The fourth-order valence-electron chi connectivity index (χ4n) is 3.54. The third-order valence-corrected chi connectivity index (χ3v) is 6.15. The highest BCUT2D eigenvalue weighted by Crippen LogP contribution is 2.49. The van der Waals surface area contributed by atoms with Gasteiger partial charge in [0.15, 0.2) is 0 Å². The zero-order valence-electron chi connectivity index (χ0n) is 14.9. The van der Waals surface area contributed by atoms with Crippen molar-refractivity contribution in [1.82, 2.24) is 4.90 Å². The Morgan fingerprint density at radius 2 is 1.75 bits per heavy atom. The Labute approximate surface area is 164 Å². The summed E-state index contributed by atoms with van der Waals surface area (Å²) in [6.07, 6.45) is -3.65. The molecule has 0 aromatic heterocycles. The van der Waals surface area contributed by atoms with Gasteiger partial charge in [-0.05, 0) is 43.2 Å². The molecule has 1 amide bonds. The Bertz CT molecular complexity index is 895. The molecule has 0 radical (unpaired) electrons. The van der Waals surface area contributed by atoms with Crippen molar-refractivity contribution in [2.75, 3.05) is 24.5 Å². The molecule has 1 N–H and O–H groups in total. The number of hydrogen-bond donors (Lipinski definition) is 1. The van der Waals surface area contributed by atoms with E-state index in [0.29, 0.717) is 36.5 Å². The van der Waals surface area contributed by atoms with E-state index in [-0.39, 0.29) is 24.2 Å². The van der Waals surface area contributed by atoms with E-state index < -0.39 is 11.7 Å². The van der Waals surface area contributed by atoms with Gasteiger partial charge in [0.25, 0.3) is 0 Å². The number of amides is 1. The van der Waals surface area contributed by atoms with Crippen LogP contribution in [0.25, 0.3) is 0 Å². The molecule has 0 saturated carbocycles. The minimum atomic E-state index is -4.48. The summed E-state index contributed by atoms with van der Waals surface area (Å²) >= 11 is 1.36. The molecule has 0 bridgehead atoms. The summed E-state index contributed by atoms with van der Waals surface area (Å²) in [5.74, 6) is -0.273. The second kappa shape index (κ2) is 7.42. The Morgan fingerprint density at radius 1 is 1.07 bits per heavy atom. The first-order chi connectivity index (χ1) is 13.3. The third-order valence-electron chi connectivity index (χ3n) is 5.02. The Balaban J connectivity index is 1.70. The van der Waals surface area contributed by atoms with E-state index in [4.69, 9.17) is 0 Å². The van der Waals surface area contributed by atoms with Gasteiger partial charge in [-0.25, -0.2) is 0 Å². The fourth-order valence-corrected chi connectivity index (χ4v) is 4.58. The Kier molecular flexibility index (Phi) is 5.11. The standard InChI is InChI=1S/C20H19F3N2O2S/c21-20(22,23)13-5-6-18-16(11-13)25(15-3-1-2-4-17(15)28-18)19(27)12-24-9-7-14(26)8-10-24/h1-6,11,14,26H,7-10,12H2. The van der Waals surface area contributed by atoms with Gasteiger partial charge >= 0.3 is 6.18 Å². The van der Waals surface area contributed by atoms with E-state index in [9.17, 15) is 23.1 Å². The molecule has 1 fully saturated rings. The minimum absolute atomic E-state index is 0.0986. The summed E-state index contributed by atoms with van der Waals surface area (Å²) < 4.78 is 39.7. The van der Waals surface area contributed by atoms with Crippen molar-refractivity contribution in [1.29, 1.82) is 0 Å². The molecule has 148 valence electrons. The van der Waals surface area contributed by atoms with Crippen molar-refractivity contribution in [3.8, 4) is 0 Å². The number of piperidine rings is 1. The van der Waals surface area contributed by atoms with E-state index in [1.54, 1.807) is 12.1 Å². The summed E-state index contributed by atoms with van der Waals surface area (Å²) in [6.45, 7) is 1.28. The highest BCUT2D eigenvalue weighted by atomic mass is 32.2. The van der Waals surface area contributed by atoms with Crippen LogP contribution in [0.15, 0.2) is 52.3 Å². The molecule has 8 heteroatoms. The number of anilines is 2. The number of halogens is 3. The predicted molar refractivity (Wildman–Crippen MR) is 101 cm³/mol. The number of para-hydroxylation sites is 1. The molecule has 0 atom stereocenters. The summed E-state index contributed by atoms with van der Waals surface area (Å²) in [7, 11) is 0. The molecule has 28 heavy (non-hydrogen) atoms.